The van der Waals surface area contributed by atoms with Gasteiger partial charge in [0.05, 0.1) is 37.4 Å². The summed E-state index contributed by atoms with van der Waals surface area (Å²) in [5.41, 5.74) is 0.978. The van der Waals surface area contributed by atoms with Crippen molar-refractivity contribution in [2.24, 2.45) is 12.2 Å². The molecule has 5 rings (SSSR count). The van der Waals surface area contributed by atoms with E-state index in [9.17, 15) is 9.70 Å². The Morgan fingerprint density at radius 2 is 1.98 bits per heavy atom. The smallest absolute Gasteiger partial charge is 0.440 e. The molecule has 2 fully saturated rings. The zero-order valence-electron chi connectivity index (χ0n) is 24.0. The fourth-order valence-electron chi connectivity index (χ4n) is 5.00. The maximum atomic E-state index is 12.2. The van der Waals surface area contributed by atoms with E-state index < -0.39 is 11.7 Å². The van der Waals surface area contributed by atoms with Crippen molar-refractivity contribution in [3.8, 4) is 11.6 Å². The van der Waals surface area contributed by atoms with Crippen LogP contribution < -0.4 is 24.3 Å². The van der Waals surface area contributed by atoms with Crippen LogP contribution in [-0.4, -0.2) is 65.1 Å². The number of imidazole rings is 1. The maximum Gasteiger partial charge on any atom is 0.440 e. The van der Waals surface area contributed by atoms with E-state index in [1.165, 1.54) is 0 Å². The Morgan fingerprint density at radius 3 is 2.66 bits per heavy atom. The highest BCUT2D eigenvalue weighted by atomic mass is 16.6. The van der Waals surface area contributed by atoms with Gasteiger partial charge in [0.2, 0.25) is 5.88 Å². The molecule has 3 aromatic heterocycles. The summed E-state index contributed by atoms with van der Waals surface area (Å²) in [5, 5.41) is 6.69. The molecule has 1 saturated heterocycles. The molecule has 3 aromatic rings. The minimum absolute atomic E-state index is 0.0421. The van der Waals surface area contributed by atoms with Gasteiger partial charge in [-0.15, -0.1) is 0 Å². The molecule has 13 nitrogen and oxygen atoms in total. The van der Waals surface area contributed by atoms with Crippen LogP contribution in [0.15, 0.2) is 29.7 Å². The number of alkyl carbamates (subject to hydrolysis) is 1. The number of amides is 1. The number of H-pyrrole nitrogens is 1. The summed E-state index contributed by atoms with van der Waals surface area (Å²) in [5.74, 6) is 2.07. The fraction of sp³-hybridized carbons (Fsp3) is 0.571. The Kier molecular flexibility index (Phi) is 8.52. The number of rotatable bonds is 8. The Bertz CT molecular complexity index is 1370. The maximum absolute atomic E-state index is 12.2. The molecule has 2 N–H and O–H groups in total. The van der Waals surface area contributed by atoms with Crippen molar-refractivity contribution < 1.29 is 28.3 Å². The molecule has 13 heteroatoms. The van der Waals surface area contributed by atoms with E-state index in [4.69, 9.17) is 23.9 Å². The highest BCUT2D eigenvalue weighted by Gasteiger charge is 2.27. The minimum Gasteiger partial charge on any atom is -0.484 e. The molecule has 1 aliphatic carbocycles. The Hall–Kier alpha value is -4.00. The third-order valence-corrected chi connectivity index (χ3v) is 7.20. The summed E-state index contributed by atoms with van der Waals surface area (Å²) < 4.78 is 25.1. The second kappa shape index (κ2) is 12.2. The van der Waals surface area contributed by atoms with E-state index in [0.29, 0.717) is 24.8 Å². The van der Waals surface area contributed by atoms with Crippen molar-refractivity contribution in [1.82, 2.24) is 20.3 Å². The van der Waals surface area contributed by atoms with Gasteiger partial charge in [0.15, 0.2) is 5.18 Å². The number of aromatic amines is 1. The van der Waals surface area contributed by atoms with Crippen LogP contribution in [0.5, 0.6) is 11.6 Å². The first kappa shape index (κ1) is 28.5. The van der Waals surface area contributed by atoms with Crippen LogP contribution in [0.1, 0.15) is 52.1 Å². The number of hydrogen-bond acceptors (Lipinski definition) is 10. The van der Waals surface area contributed by atoms with Gasteiger partial charge in [-0.05, 0) is 52.5 Å². The fourth-order valence-corrected chi connectivity index (χ4v) is 5.00. The molecule has 0 atom stereocenters. The van der Waals surface area contributed by atoms with E-state index in [0.717, 1.165) is 61.2 Å². The third kappa shape index (κ3) is 7.20. The molecule has 0 radical (unpaired) electrons. The lowest BCUT2D eigenvalue weighted by Gasteiger charge is -2.31. The summed E-state index contributed by atoms with van der Waals surface area (Å²) in [7, 11) is 1.74. The van der Waals surface area contributed by atoms with Crippen molar-refractivity contribution in [1.29, 1.82) is 0 Å². The Balaban J connectivity index is 1.32. The van der Waals surface area contributed by atoms with Gasteiger partial charge in [0.25, 0.3) is 0 Å². The van der Waals surface area contributed by atoms with Crippen LogP contribution in [0.2, 0.25) is 0 Å². The van der Waals surface area contributed by atoms with Gasteiger partial charge < -0.3 is 29.2 Å². The van der Waals surface area contributed by atoms with E-state index in [1.54, 1.807) is 24.0 Å². The van der Waals surface area contributed by atoms with Gasteiger partial charge in [-0.25, -0.2) is 14.3 Å². The average molecular weight is 569 g/mol. The predicted molar refractivity (Wildman–Crippen MR) is 150 cm³/mol. The number of aromatic nitrogens is 4. The van der Waals surface area contributed by atoms with Crippen LogP contribution >= 0.6 is 0 Å². The molecular formula is C28H38N7O6+. The summed E-state index contributed by atoms with van der Waals surface area (Å²) in [6, 6.07) is 3.89. The summed E-state index contributed by atoms with van der Waals surface area (Å²) in [6.07, 6.45) is 6.01. The molecule has 2 aliphatic rings. The first-order chi connectivity index (χ1) is 19.7. The molecule has 1 saturated carbocycles. The van der Waals surface area contributed by atoms with Gasteiger partial charge in [-0.1, -0.05) is 4.91 Å². The zero-order valence-corrected chi connectivity index (χ0v) is 24.0. The zero-order chi connectivity index (χ0) is 29.0. The summed E-state index contributed by atoms with van der Waals surface area (Å²) in [6.45, 7) is 8.55. The highest BCUT2D eigenvalue weighted by Crippen LogP contribution is 2.33. The average Bonchev–Trinajstić information content (AvgIpc) is 3.31. The lowest BCUT2D eigenvalue weighted by molar-refractivity contribution is -0.666. The number of morpholine rings is 1. The molecule has 4 heterocycles. The number of nitroso groups, excluding NO2 is 1. The summed E-state index contributed by atoms with van der Waals surface area (Å²) in [4.78, 5) is 37.7. The molecular weight excluding hydrogens is 530 g/mol. The van der Waals surface area contributed by atoms with Crippen LogP contribution in [0.25, 0.3) is 10.9 Å². The van der Waals surface area contributed by atoms with Gasteiger partial charge in [-0.3, -0.25) is 4.98 Å². The number of fused-ring (bicyclic) bond motifs is 1. The standard InChI is InChI=1S/C28H37N7O6/c1-28(2,3)41-27(36)31-18-5-7-20(8-6-18)40-25-22-13-21(39-17-19-15-30-26(33-37)34(19)4)16-29-23(22)14-24(32-25)35-9-11-38-12-10-35/h13-16,18,20H,5-12,17H2,1-4H3,(H,31,36)/p+1. The SMILES string of the molecule is C[n+]1c(COc2cnc3cc(N4CCOCC4)nc(OC4CCC(NC(=O)OC(C)(C)C)CC4)c3c2)c[nH]c1N=O. The molecule has 1 aliphatic heterocycles. The number of ether oxygens (including phenoxy) is 4. The molecule has 220 valence electrons. The van der Waals surface area contributed by atoms with Crippen molar-refractivity contribution in [2.45, 2.75) is 70.8 Å². The largest absolute Gasteiger partial charge is 0.484 e. The molecule has 0 aromatic carbocycles. The Labute approximate surface area is 238 Å². The van der Waals surface area contributed by atoms with Crippen molar-refractivity contribution in [2.75, 3.05) is 31.2 Å². The number of hydrogen-bond donors (Lipinski definition) is 2. The number of anilines is 1. The first-order valence-corrected chi connectivity index (χ1v) is 14.0. The number of carbonyl (C=O) groups is 1. The van der Waals surface area contributed by atoms with Crippen molar-refractivity contribution in [3.63, 3.8) is 0 Å². The van der Waals surface area contributed by atoms with Crippen molar-refractivity contribution >= 4 is 28.8 Å². The normalized spacial score (nSPS) is 19.6. The third-order valence-electron chi connectivity index (χ3n) is 7.20. The topological polar surface area (TPSA) is 144 Å². The first-order valence-electron chi connectivity index (χ1n) is 14.0. The highest BCUT2D eigenvalue weighted by molar-refractivity contribution is 5.87. The molecule has 0 bridgehead atoms. The molecule has 0 unspecified atom stereocenters. The Morgan fingerprint density at radius 1 is 1.22 bits per heavy atom. The lowest BCUT2D eigenvalue weighted by Crippen LogP contribution is -2.42. The van der Waals surface area contributed by atoms with Gasteiger partial charge in [-0.2, -0.15) is 4.98 Å². The van der Waals surface area contributed by atoms with Gasteiger partial charge in [0.1, 0.15) is 41.8 Å². The minimum atomic E-state index is -0.534. The molecule has 0 spiro atoms. The number of carbonyl (C=O) groups excluding carboxylic acids is 1. The predicted octanol–water partition coefficient (Wildman–Crippen LogP) is 3.81. The van der Waals surface area contributed by atoms with Crippen LogP contribution in [0, 0.1) is 4.91 Å². The number of nitrogens with zero attached hydrogens (tertiary/aromatic N) is 5. The second-order valence-corrected chi connectivity index (χ2v) is 11.4. The van der Waals surface area contributed by atoms with E-state index >= 15 is 0 Å². The molecule has 41 heavy (non-hydrogen) atoms. The number of nitrogens with one attached hydrogen (secondary N) is 2. The van der Waals surface area contributed by atoms with E-state index in [2.05, 4.69) is 25.4 Å². The quantitative estimate of drug-likeness (QED) is 0.306. The van der Waals surface area contributed by atoms with E-state index in [1.807, 2.05) is 32.9 Å². The van der Waals surface area contributed by atoms with Crippen LogP contribution in [-0.2, 0) is 23.1 Å². The van der Waals surface area contributed by atoms with E-state index in [-0.39, 0.29) is 24.7 Å². The van der Waals surface area contributed by atoms with Crippen LogP contribution in [0.3, 0.4) is 0 Å². The molecule has 1 amide bonds. The summed E-state index contributed by atoms with van der Waals surface area (Å²) >= 11 is 0. The van der Waals surface area contributed by atoms with Gasteiger partial charge >= 0.3 is 12.0 Å². The lowest BCUT2D eigenvalue weighted by atomic mass is 9.93. The monoisotopic (exact) mass is 568 g/mol. The van der Waals surface area contributed by atoms with Crippen LogP contribution in [0.4, 0.5) is 16.6 Å². The second-order valence-electron chi connectivity index (χ2n) is 11.4. The number of pyridine rings is 2. The van der Waals surface area contributed by atoms with Gasteiger partial charge in [0, 0.05) is 25.2 Å². The van der Waals surface area contributed by atoms with Crippen molar-refractivity contribution in [3.05, 3.63) is 35.1 Å².